The number of rotatable bonds is 7. The van der Waals surface area contributed by atoms with Crippen LogP contribution in [0.1, 0.15) is 30.6 Å². The first-order chi connectivity index (χ1) is 15.9. The molecule has 2 fully saturated rings. The summed E-state index contributed by atoms with van der Waals surface area (Å²) in [6.45, 7) is 1.29. The largest absolute Gasteiger partial charge is 0.451 e. The number of benzene rings is 2. The average Bonchev–Trinajstić information content (AvgIpc) is 2.81. The third-order valence-corrected chi connectivity index (χ3v) is 6.96. The predicted octanol–water partition coefficient (Wildman–Crippen LogP) is 1.43. The number of ketones is 1. The van der Waals surface area contributed by atoms with E-state index in [0.29, 0.717) is 0 Å². The number of nitrogens with one attached hydrogen (secondary N) is 1. The van der Waals surface area contributed by atoms with Crippen molar-refractivity contribution >= 4 is 35.3 Å². The summed E-state index contributed by atoms with van der Waals surface area (Å²) in [4.78, 5) is 50.5. The van der Waals surface area contributed by atoms with Gasteiger partial charge in [-0.2, -0.15) is 0 Å². The van der Waals surface area contributed by atoms with E-state index in [0.717, 1.165) is 11.1 Å². The summed E-state index contributed by atoms with van der Waals surface area (Å²) in [6, 6.07) is 16.4. The molecule has 2 saturated heterocycles. The first kappa shape index (κ1) is 23.0. The molecule has 2 aliphatic heterocycles. The Morgan fingerprint density at radius 3 is 2.21 bits per heavy atom. The van der Waals surface area contributed by atoms with Crippen LogP contribution in [-0.2, 0) is 23.9 Å². The lowest BCUT2D eigenvalue weighted by molar-refractivity contribution is -0.173. The molecule has 33 heavy (non-hydrogen) atoms. The number of esters is 1. The normalized spacial score (nSPS) is 24.0. The van der Waals surface area contributed by atoms with E-state index in [1.165, 1.54) is 23.6 Å². The lowest BCUT2D eigenvalue weighted by Gasteiger charge is -2.53. The fourth-order valence-electron chi connectivity index (χ4n) is 4.06. The fourth-order valence-corrected chi connectivity index (χ4v) is 5.41. The van der Waals surface area contributed by atoms with Crippen molar-refractivity contribution in [3.8, 4) is 0 Å². The maximum absolute atomic E-state index is 13.3. The first-order valence-corrected chi connectivity index (χ1v) is 11.6. The van der Waals surface area contributed by atoms with Gasteiger partial charge in [0.15, 0.2) is 12.1 Å². The predicted molar refractivity (Wildman–Crippen MR) is 121 cm³/mol. The van der Waals surface area contributed by atoms with Crippen LogP contribution in [0.25, 0.3) is 0 Å². The Bertz CT molecular complexity index is 1010. The van der Waals surface area contributed by atoms with Crippen molar-refractivity contribution in [2.45, 2.75) is 43.0 Å². The van der Waals surface area contributed by atoms with Crippen LogP contribution < -0.4 is 5.32 Å². The van der Waals surface area contributed by atoms with Crippen LogP contribution >= 0.6 is 11.8 Å². The number of fused-ring (bicyclic) bond motifs is 1. The molecule has 0 radical (unpaired) electrons. The molecule has 4 atom stereocenters. The summed E-state index contributed by atoms with van der Waals surface area (Å²) < 4.78 is 5.87. The van der Waals surface area contributed by atoms with Gasteiger partial charge in [-0.3, -0.25) is 14.4 Å². The molecule has 2 aliphatic rings. The molecule has 0 saturated carbocycles. The van der Waals surface area contributed by atoms with Gasteiger partial charge in [0.25, 0.3) is 0 Å². The van der Waals surface area contributed by atoms with E-state index in [4.69, 9.17) is 4.74 Å². The molecule has 0 bridgehead atoms. The number of β-lactam (4-membered cyclic amide) rings is 1. The molecule has 4 rings (SSSR count). The number of aliphatic hydroxyl groups excluding tert-OH is 1. The fraction of sp³-hybridized carbons (Fsp3) is 0.333. The van der Waals surface area contributed by atoms with E-state index in [1.54, 1.807) is 0 Å². The monoisotopic (exact) mass is 468 g/mol. The standard InChI is InChI=1S/C24H24N2O6S/c1-14(27)12-18(29)25-19-22(30)26-20(17(28)13-33-23(19)26)24(31)32-21(15-8-4-2-5-9-15)16-10-6-3-7-11-16/h2-11,17,19-21,23,28H,12-13H2,1H3,(H,25,29)/t17?,19-,20-,23+/m1/s1. The lowest BCUT2D eigenvalue weighted by atomic mass is 9.98. The van der Waals surface area contributed by atoms with Crippen LogP contribution in [0.15, 0.2) is 60.7 Å². The van der Waals surface area contributed by atoms with Gasteiger partial charge < -0.3 is 20.1 Å². The van der Waals surface area contributed by atoms with E-state index >= 15 is 0 Å². The summed E-state index contributed by atoms with van der Waals surface area (Å²) in [5.41, 5.74) is 1.52. The number of Topliss-reactive ketones (excluding diaryl/α,β-unsaturated/α-hetero) is 1. The zero-order valence-corrected chi connectivity index (χ0v) is 18.7. The summed E-state index contributed by atoms with van der Waals surface area (Å²) in [5.74, 6) is -1.85. The van der Waals surface area contributed by atoms with E-state index < -0.39 is 47.4 Å². The summed E-state index contributed by atoms with van der Waals surface area (Å²) in [5, 5.41) is 12.6. The molecule has 0 aromatic heterocycles. The van der Waals surface area contributed by atoms with Gasteiger partial charge in [-0.25, -0.2) is 4.79 Å². The molecule has 172 valence electrons. The first-order valence-electron chi connectivity index (χ1n) is 10.6. The molecule has 0 aliphatic carbocycles. The van der Waals surface area contributed by atoms with Crippen LogP contribution in [0.3, 0.4) is 0 Å². The summed E-state index contributed by atoms with van der Waals surface area (Å²) in [7, 11) is 0. The topological polar surface area (TPSA) is 113 Å². The number of thioether (sulfide) groups is 1. The van der Waals surface area contributed by atoms with Crippen molar-refractivity contribution in [2.24, 2.45) is 0 Å². The Hall–Kier alpha value is -3.17. The second-order valence-corrected chi connectivity index (χ2v) is 9.19. The summed E-state index contributed by atoms with van der Waals surface area (Å²) >= 11 is 1.27. The van der Waals surface area contributed by atoms with Crippen molar-refractivity contribution < 1.29 is 29.0 Å². The van der Waals surface area contributed by atoms with Crippen LogP contribution in [-0.4, -0.2) is 62.9 Å². The molecule has 8 nitrogen and oxygen atoms in total. The van der Waals surface area contributed by atoms with E-state index in [2.05, 4.69) is 5.32 Å². The number of carbonyl (C=O) groups is 4. The average molecular weight is 469 g/mol. The smallest absolute Gasteiger partial charge is 0.332 e. The van der Waals surface area contributed by atoms with Gasteiger partial charge >= 0.3 is 5.97 Å². The SMILES string of the molecule is CC(=O)CC(=O)N[C@@H]1C(=O)N2[C@@H](C(=O)OC(c3ccccc3)c3ccccc3)C(O)CS[C@@H]12. The molecule has 2 aromatic carbocycles. The third kappa shape index (κ3) is 4.79. The minimum Gasteiger partial charge on any atom is -0.451 e. The zero-order chi connectivity index (χ0) is 23.5. The third-order valence-electron chi connectivity index (χ3n) is 5.59. The second-order valence-electron chi connectivity index (χ2n) is 8.04. The van der Waals surface area contributed by atoms with Crippen molar-refractivity contribution in [3.05, 3.63) is 71.8 Å². The van der Waals surface area contributed by atoms with Crippen molar-refractivity contribution in [1.82, 2.24) is 10.2 Å². The molecule has 2 amide bonds. The highest BCUT2D eigenvalue weighted by molar-refractivity contribution is 8.00. The molecule has 2 N–H and O–H groups in total. The number of hydrogen-bond donors (Lipinski definition) is 2. The number of amides is 2. The molecule has 1 unspecified atom stereocenters. The Balaban J connectivity index is 1.52. The molecular formula is C24H24N2O6S. The van der Waals surface area contributed by atoms with Gasteiger partial charge in [0, 0.05) is 5.75 Å². The number of aliphatic hydroxyl groups is 1. The Labute approximate surface area is 195 Å². The number of hydrogen-bond acceptors (Lipinski definition) is 7. The zero-order valence-electron chi connectivity index (χ0n) is 17.9. The highest BCUT2D eigenvalue weighted by Gasteiger charge is 2.58. The highest BCUT2D eigenvalue weighted by atomic mass is 32.2. The quantitative estimate of drug-likeness (QED) is 0.359. The molecule has 2 heterocycles. The van der Waals surface area contributed by atoms with Crippen molar-refractivity contribution in [3.63, 3.8) is 0 Å². The van der Waals surface area contributed by atoms with Crippen LogP contribution in [0, 0.1) is 0 Å². The highest BCUT2D eigenvalue weighted by Crippen LogP contribution is 2.39. The number of ether oxygens (including phenoxy) is 1. The van der Waals surface area contributed by atoms with E-state index in [9.17, 15) is 24.3 Å². The molecular weight excluding hydrogens is 444 g/mol. The van der Waals surface area contributed by atoms with Gasteiger partial charge in [-0.15, -0.1) is 11.8 Å². The summed E-state index contributed by atoms with van der Waals surface area (Å²) in [6.07, 6.45) is -2.13. The van der Waals surface area contributed by atoms with Crippen LogP contribution in [0.4, 0.5) is 0 Å². The molecule has 0 spiro atoms. The van der Waals surface area contributed by atoms with Gasteiger partial charge in [-0.1, -0.05) is 60.7 Å². The van der Waals surface area contributed by atoms with Gasteiger partial charge in [0.2, 0.25) is 11.8 Å². The maximum Gasteiger partial charge on any atom is 0.332 e. The Morgan fingerprint density at radius 1 is 1.09 bits per heavy atom. The van der Waals surface area contributed by atoms with Gasteiger partial charge in [-0.05, 0) is 18.1 Å². The van der Waals surface area contributed by atoms with Crippen LogP contribution in [0.5, 0.6) is 0 Å². The van der Waals surface area contributed by atoms with Gasteiger partial charge in [0.05, 0.1) is 12.5 Å². The van der Waals surface area contributed by atoms with E-state index in [1.807, 2.05) is 60.7 Å². The molecule has 2 aromatic rings. The number of nitrogens with zero attached hydrogens (tertiary/aromatic N) is 1. The lowest BCUT2D eigenvalue weighted by Crippen LogP contribution is -2.76. The number of carbonyl (C=O) groups excluding carboxylic acids is 4. The Morgan fingerprint density at radius 2 is 1.67 bits per heavy atom. The van der Waals surface area contributed by atoms with Crippen LogP contribution in [0.2, 0.25) is 0 Å². The van der Waals surface area contributed by atoms with Crippen molar-refractivity contribution in [2.75, 3.05) is 5.75 Å². The minimum atomic E-state index is -1.18. The molecule has 9 heteroatoms. The maximum atomic E-state index is 13.3. The second kappa shape index (κ2) is 9.76. The van der Waals surface area contributed by atoms with Crippen molar-refractivity contribution in [1.29, 1.82) is 0 Å². The Kier molecular flexibility index (Phi) is 6.80. The van der Waals surface area contributed by atoms with E-state index in [-0.39, 0.29) is 18.0 Å². The van der Waals surface area contributed by atoms with Gasteiger partial charge in [0.1, 0.15) is 17.2 Å². The minimum absolute atomic E-state index is 0.203.